The normalized spacial score (nSPS) is 11.6. The van der Waals surface area contributed by atoms with Crippen LogP contribution < -0.4 is 0 Å². The van der Waals surface area contributed by atoms with Gasteiger partial charge in [0.1, 0.15) is 6.29 Å². The van der Waals surface area contributed by atoms with Gasteiger partial charge in [-0.15, -0.1) is 0 Å². The highest BCUT2D eigenvalue weighted by Crippen LogP contribution is 2.26. The summed E-state index contributed by atoms with van der Waals surface area (Å²) in [7, 11) is 0. The molecule has 0 fully saturated rings. The Balaban J connectivity index is -0.000000471. The lowest BCUT2D eigenvalue weighted by molar-refractivity contribution is -0.115. The smallest absolute Gasteiger partial charge is 0.270 e. The van der Waals surface area contributed by atoms with Crippen LogP contribution >= 0.6 is 0 Å². The van der Waals surface area contributed by atoms with E-state index in [0.29, 0.717) is 6.42 Å². The van der Waals surface area contributed by atoms with Crippen molar-refractivity contribution in [1.29, 1.82) is 0 Å². The second-order valence-corrected chi connectivity index (χ2v) is 7.34. The van der Waals surface area contributed by atoms with Crippen LogP contribution in [0, 0.1) is 20.8 Å². The van der Waals surface area contributed by atoms with Crippen LogP contribution in [0.1, 0.15) is 64.8 Å². The molecule has 1 aliphatic rings. The Morgan fingerprint density at radius 2 is 1.69 bits per heavy atom. The summed E-state index contributed by atoms with van der Waals surface area (Å²) in [6.07, 6.45) is 7.96. The van der Waals surface area contributed by atoms with Crippen molar-refractivity contribution in [3.05, 3.63) is 94.1 Å². The molecule has 1 aliphatic carbocycles. The number of aldehydes is 1. The van der Waals surface area contributed by atoms with E-state index in [1.54, 1.807) is 19.1 Å². The van der Waals surface area contributed by atoms with E-state index in [0.717, 1.165) is 36.3 Å². The molecule has 178 valence electrons. The lowest BCUT2D eigenvalue weighted by Gasteiger charge is -2.10. The molecule has 2 aromatic carbocycles. The molecule has 4 heteroatoms. The maximum absolute atomic E-state index is 12.6. The molecule has 0 atom stereocenters. The Hall–Kier alpha value is -2.88. The lowest BCUT2D eigenvalue weighted by atomic mass is 9.99. The van der Waals surface area contributed by atoms with Crippen molar-refractivity contribution in [1.82, 2.24) is 0 Å². The van der Waals surface area contributed by atoms with Crippen LogP contribution in [0.15, 0.2) is 66.3 Å². The molecule has 0 bridgehead atoms. The third-order valence-electron chi connectivity index (χ3n) is 4.59. The van der Waals surface area contributed by atoms with Gasteiger partial charge in [-0.1, -0.05) is 80.1 Å². The number of carbonyl (C=O) groups excluding carboxylic acids is 2. The zero-order valence-electron chi connectivity index (χ0n) is 20.3. The fraction of sp³-hybridized carbons (Fsp3) is 0.357. The van der Waals surface area contributed by atoms with Crippen molar-refractivity contribution in [2.24, 2.45) is 0 Å². The summed E-state index contributed by atoms with van der Waals surface area (Å²) in [4.78, 5) is 20.7. The van der Waals surface area contributed by atoms with Gasteiger partial charge in [0.2, 0.25) is 0 Å². The van der Waals surface area contributed by atoms with Crippen molar-refractivity contribution in [2.75, 3.05) is 0 Å². The largest absolute Gasteiger partial charge is 0.304 e. The van der Waals surface area contributed by atoms with E-state index < -0.39 is 5.92 Å². The molecular weight excluding hydrogens is 406 g/mol. The van der Waals surface area contributed by atoms with Crippen LogP contribution in [-0.2, 0) is 21.9 Å². The van der Waals surface area contributed by atoms with Gasteiger partial charge in [-0.3, -0.25) is 4.79 Å². The van der Waals surface area contributed by atoms with Gasteiger partial charge in [0.05, 0.1) is 0 Å². The number of rotatable bonds is 4. The van der Waals surface area contributed by atoms with Crippen LogP contribution in [0.25, 0.3) is 0 Å². The summed E-state index contributed by atoms with van der Waals surface area (Å²) < 4.78 is 25.3. The highest BCUT2D eigenvalue weighted by molar-refractivity contribution is 5.97. The average molecular weight is 447 g/mol. The zero-order valence-corrected chi connectivity index (χ0v) is 20.3. The molecule has 0 unspecified atom stereocenters. The number of alkyl halides is 2. The van der Waals surface area contributed by atoms with E-state index in [1.807, 2.05) is 38.1 Å². The third kappa shape index (κ3) is 10.9. The van der Waals surface area contributed by atoms with Gasteiger partial charge < -0.3 is 4.79 Å². The molecule has 0 aromatic heterocycles. The van der Waals surface area contributed by atoms with Crippen molar-refractivity contribution >= 4 is 12.1 Å². The predicted octanol–water partition coefficient (Wildman–Crippen LogP) is 8.13. The molecule has 0 N–H and O–H groups in total. The second-order valence-electron chi connectivity index (χ2n) is 7.34. The molecule has 0 heterocycles. The zero-order chi connectivity index (χ0) is 24.7. The number of ketones is 1. The van der Waals surface area contributed by atoms with Gasteiger partial charge in [-0.25, -0.2) is 8.78 Å². The number of Topliss-reactive ketones (excluding diaryl/α,β-unsaturated/α-hetero) is 1. The monoisotopic (exact) mass is 446 g/mol. The van der Waals surface area contributed by atoms with E-state index >= 15 is 0 Å². The molecule has 2 aromatic rings. The molecule has 0 amide bonds. The first-order valence-corrected chi connectivity index (χ1v) is 10.9. The fourth-order valence-electron chi connectivity index (χ4n) is 2.78. The van der Waals surface area contributed by atoms with Crippen LogP contribution in [0.4, 0.5) is 8.78 Å². The molecule has 0 saturated heterocycles. The van der Waals surface area contributed by atoms with Gasteiger partial charge in [0.25, 0.3) is 5.92 Å². The molecule has 2 nitrogen and oxygen atoms in total. The third-order valence-corrected chi connectivity index (χ3v) is 4.59. The van der Waals surface area contributed by atoms with E-state index in [1.165, 1.54) is 30.2 Å². The molecule has 0 spiro atoms. The Morgan fingerprint density at radius 1 is 1.06 bits per heavy atom. The minimum absolute atomic E-state index is 0. The number of allylic oxidation sites excluding steroid dienone is 4. The lowest BCUT2D eigenvalue weighted by Crippen LogP contribution is -2.06. The highest BCUT2D eigenvalue weighted by Gasteiger charge is 2.23. The van der Waals surface area contributed by atoms with E-state index in [-0.39, 0.29) is 14.2 Å². The average Bonchev–Trinajstić information content (AvgIpc) is 3.28. The molecule has 0 saturated carbocycles. The van der Waals surface area contributed by atoms with Crippen molar-refractivity contribution in [2.45, 2.75) is 67.2 Å². The van der Waals surface area contributed by atoms with Crippen molar-refractivity contribution < 1.29 is 21.2 Å². The van der Waals surface area contributed by atoms with Crippen molar-refractivity contribution in [3.63, 3.8) is 0 Å². The van der Waals surface area contributed by atoms with E-state index in [4.69, 9.17) is 4.79 Å². The summed E-state index contributed by atoms with van der Waals surface area (Å²) >= 11 is 0. The van der Waals surface area contributed by atoms with Crippen LogP contribution in [0.2, 0.25) is 0 Å². The van der Waals surface area contributed by atoms with Crippen LogP contribution in [0.5, 0.6) is 0 Å². The molecule has 0 radical (unpaired) electrons. The van der Waals surface area contributed by atoms with Gasteiger partial charge in [0.15, 0.2) is 5.78 Å². The van der Waals surface area contributed by atoms with Gasteiger partial charge >= 0.3 is 0 Å². The van der Waals surface area contributed by atoms with E-state index in [9.17, 15) is 13.6 Å². The summed E-state index contributed by atoms with van der Waals surface area (Å²) in [6, 6.07) is 12.6. The highest BCUT2D eigenvalue weighted by atomic mass is 19.3. The number of hydrogen-bond donors (Lipinski definition) is 0. The SMILES string of the molecule is CC.CC=O.Cc1ccc(CC(=O)C2=CC=CC2)cc1C.Cc1cccc(C(C)(F)F)c1.[HH].[HH]. The van der Waals surface area contributed by atoms with E-state index in [2.05, 4.69) is 26.0 Å². The number of halogens is 2. The summed E-state index contributed by atoms with van der Waals surface area (Å²) in [5, 5.41) is 0. The maximum Gasteiger partial charge on any atom is 0.270 e. The summed E-state index contributed by atoms with van der Waals surface area (Å²) in [6.45, 7) is 12.3. The van der Waals surface area contributed by atoms with Crippen LogP contribution in [-0.4, -0.2) is 12.1 Å². The number of aryl methyl sites for hydroxylation is 3. The van der Waals surface area contributed by atoms with Crippen LogP contribution in [0.3, 0.4) is 0 Å². The molecule has 0 aliphatic heterocycles. The maximum atomic E-state index is 12.6. The Bertz CT molecular complexity index is 930. The minimum atomic E-state index is -2.72. The quantitative estimate of drug-likeness (QED) is 0.444. The first-order valence-electron chi connectivity index (χ1n) is 10.9. The number of hydrogen-bond acceptors (Lipinski definition) is 2. The Morgan fingerprint density at radius 3 is 2.12 bits per heavy atom. The molecule has 3 rings (SSSR count). The van der Waals surface area contributed by atoms with Gasteiger partial charge in [-0.05, 0) is 56.4 Å². The first kappa shape index (κ1) is 29.1. The predicted molar refractivity (Wildman–Crippen MR) is 135 cm³/mol. The van der Waals surface area contributed by atoms with Gasteiger partial charge in [-0.2, -0.15) is 0 Å². The number of benzene rings is 2. The van der Waals surface area contributed by atoms with Crippen molar-refractivity contribution in [3.8, 4) is 0 Å². The first-order chi connectivity index (χ1) is 15.1. The standard InChI is InChI=1S/C15H16O.C9H10F2.C2H4O.C2H6.2H2/c1-11-7-8-13(9-12(11)2)10-15(16)14-5-3-4-6-14;1-7-4-3-5-8(6-7)9(2,10)11;1-2-3;1-2;;/h3-5,7-9H,6,10H2,1-2H3;3-6H,1-2H3;2H,1H3;1-2H3;2*1H. The summed E-state index contributed by atoms with van der Waals surface area (Å²) in [5.74, 6) is -2.47. The Kier molecular flexibility index (Phi) is 13.7. The molecular formula is C28H40F2O2. The fourth-order valence-corrected chi connectivity index (χ4v) is 2.78. The Labute approximate surface area is 195 Å². The number of carbonyl (C=O) groups is 2. The minimum Gasteiger partial charge on any atom is -0.304 e. The summed E-state index contributed by atoms with van der Waals surface area (Å²) in [5.41, 5.74) is 5.52. The molecule has 32 heavy (non-hydrogen) atoms. The topological polar surface area (TPSA) is 34.1 Å². The van der Waals surface area contributed by atoms with Gasteiger partial charge in [0, 0.05) is 21.8 Å². The second kappa shape index (κ2) is 15.0.